The highest BCUT2D eigenvalue weighted by Gasteiger charge is 2.19. The third-order valence-corrected chi connectivity index (χ3v) is 5.70. The third kappa shape index (κ3) is 7.67. The fourth-order valence-electron chi connectivity index (χ4n) is 3.21. The molecule has 0 unspecified atom stereocenters. The van der Waals surface area contributed by atoms with Gasteiger partial charge in [-0.1, -0.05) is 22.0 Å². The van der Waals surface area contributed by atoms with Gasteiger partial charge in [-0.3, -0.25) is 14.4 Å². The van der Waals surface area contributed by atoms with Gasteiger partial charge >= 0.3 is 11.8 Å². The molecule has 1 fully saturated rings. The van der Waals surface area contributed by atoms with Gasteiger partial charge in [0.15, 0.2) is 6.61 Å². The number of nitrogens with zero attached hydrogens (tertiary/aromatic N) is 1. The molecule has 3 rings (SSSR count). The molecule has 9 nitrogen and oxygen atoms in total. The average molecular weight is 531 g/mol. The number of carbonyl (C=O) groups is 3. The van der Waals surface area contributed by atoms with E-state index < -0.39 is 11.8 Å². The van der Waals surface area contributed by atoms with E-state index in [4.69, 9.17) is 9.47 Å². The van der Waals surface area contributed by atoms with E-state index in [0.29, 0.717) is 23.6 Å². The van der Waals surface area contributed by atoms with Crippen molar-refractivity contribution in [2.75, 3.05) is 25.1 Å². The molecule has 0 radical (unpaired) electrons. The molecule has 2 aromatic carbocycles. The molecule has 1 aliphatic rings. The highest BCUT2D eigenvalue weighted by molar-refractivity contribution is 9.10. The van der Waals surface area contributed by atoms with Crippen LogP contribution in [0.15, 0.2) is 46.0 Å². The minimum absolute atomic E-state index is 0.0612. The molecule has 180 valence electrons. The van der Waals surface area contributed by atoms with Crippen LogP contribution in [0.25, 0.3) is 0 Å². The monoisotopic (exact) mass is 530 g/mol. The van der Waals surface area contributed by atoms with Gasteiger partial charge in [-0.15, -0.1) is 0 Å². The fraction of sp³-hybridized carbons (Fsp3) is 0.333. The number of ether oxygens (including phenoxy) is 2. The molecule has 34 heavy (non-hydrogen) atoms. The van der Waals surface area contributed by atoms with Crippen LogP contribution in [-0.4, -0.2) is 49.8 Å². The number of carbonyl (C=O) groups excluding carboxylic acids is 3. The molecule has 1 atom stereocenters. The number of hydrogen-bond acceptors (Lipinski definition) is 6. The standard InChI is InChI=1S/C24H27BrN4O5/c1-15-5-7-19(10-16(15)2)28-22(30)14-34-21-8-6-18(25)11-17(21)12-27-29-24(32)23(31)26-13-20-4-3-9-33-20/h5-8,10-12,20H,3-4,9,13-14H2,1-2H3,(H,26,31)(H,28,30)(H,29,32)/b27-12-/t20-/m0/s1. The van der Waals surface area contributed by atoms with Crippen molar-refractivity contribution in [1.29, 1.82) is 0 Å². The Labute approximate surface area is 206 Å². The van der Waals surface area contributed by atoms with Gasteiger partial charge in [0.2, 0.25) is 0 Å². The minimum Gasteiger partial charge on any atom is -0.483 e. The molecule has 0 bridgehead atoms. The van der Waals surface area contributed by atoms with Crippen LogP contribution in [0.1, 0.15) is 29.5 Å². The number of nitrogens with one attached hydrogen (secondary N) is 3. The van der Waals surface area contributed by atoms with E-state index in [0.717, 1.165) is 28.4 Å². The van der Waals surface area contributed by atoms with Crippen molar-refractivity contribution in [3.8, 4) is 5.75 Å². The highest BCUT2D eigenvalue weighted by atomic mass is 79.9. The maximum absolute atomic E-state index is 12.3. The van der Waals surface area contributed by atoms with Crippen LogP contribution < -0.4 is 20.8 Å². The summed E-state index contributed by atoms with van der Waals surface area (Å²) in [6.45, 7) is 4.71. The van der Waals surface area contributed by atoms with Gasteiger partial charge in [-0.05, 0) is 68.1 Å². The summed E-state index contributed by atoms with van der Waals surface area (Å²) in [5.41, 5.74) is 5.60. The highest BCUT2D eigenvalue weighted by Crippen LogP contribution is 2.22. The van der Waals surface area contributed by atoms with Crippen molar-refractivity contribution in [3.05, 3.63) is 57.6 Å². The summed E-state index contributed by atoms with van der Waals surface area (Å²) in [5.74, 6) is -1.61. The van der Waals surface area contributed by atoms with E-state index in [1.165, 1.54) is 6.21 Å². The smallest absolute Gasteiger partial charge is 0.329 e. The maximum atomic E-state index is 12.3. The molecular weight excluding hydrogens is 504 g/mol. The third-order valence-electron chi connectivity index (χ3n) is 5.21. The summed E-state index contributed by atoms with van der Waals surface area (Å²) in [6, 6.07) is 10.8. The Morgan fingerprint density at radius 2 is 1.97 bits per heavy atom. The normalized spacial score (nSPS) is 15.2. The molecule has 0 aromatic heterocycles. The Balaban J connectivity index is 1.52. The van der Waals surface area contributed by atoms with Crippen LogP contribution in [-0.2, 0) is 19.1 Å². The Morgan fingerprint density at radius 1 is 1.15 bits per heavy atom. The number of hydrazone groups is 1. The summed E-state index contributed by atoms with van der Waals surface area (Å²) in [6.07, 6.45) is 3.08. The molecule has 2 aromatic rings. The van der Waals surface area contributed by atoms with Gasteiger partial charge in [-0.25, -0.2) is 5.43 Å². The topological polar surface area (TPSA) is 118 Å². The number of aryl methyl sites for hydroxylation is 2. The summed E-state index contributed by atoms with van der Waals surface area (Å²) >= 11 is 3.37. The Morgan fingerprint density at radius 3 is 2.71 bits per heavy atom. The molecular formula is C24H27BrN4O5. The van der Waals surface area contributed by atoms with Crippen molar-refractivity contribution in [1.82, 2.24) is 10.7 Å². The molecule has 0 saturated carbocycles. The maximum Gasteiger partial charge on any atom is 0.329 e. The van der Waals surface area contributed by atoms with E-state index in [9.17, 15) is 14.4 Å². The van der Waals surface area contributed by atoms with Crippen LogP contribution >= 0.6 is 15.9 Å². The Kier molecular flexibility index (Phi) is 9.17. The van der Waals surface area contributed by atoms with Gasteiger partial charge in [0.25, 0.3) is 5.91 Å². The van der Waals surface area contributed by atoms with E-state index >= 15 is 0 Å². The lowest BCUT2D eigenvalue weighted by Gasteiger charge is -2.11. The lowest BCUT2D eigenvalue weighted by Crippen LogP contribution is -2.41. The second-order valence-corrected chi connectivity index (χ2v) is 8.78. The summed E-state index contributed by atoms with van der Waals surface area (Å²) < 4.78 is 11.8. The SMILES string of the molecule is Cc1ccc(NC(=O)COc2ccc(Br)cc2/C=N\NC(=O)C(=O)NC[C@@H]2CCCO2)cc1C. The molecule has 3 amide bonds. The first-order valence-corrected chi connectivity index (χ1v) is 11.6. The summed E-state index contributed by atoms with van der Waals surface area (Å²) in [7, 11) is 0. The molecule has 10 heteroatoms. The Hall–Kier alpha value is -3.24. The first-order chi connectivity index (χ1) is 16.3. The number of benzene rings is 2. The van der Waals surface area contributed by atoms with Gasteiger partial charge in [0.1, 0.15) is 5.75 Å². The molecule has 1 aliphatic heterocycles. The van der Waals surface area contributed by atoms with E-state index in [1.54, 1.807) is 18.2 Å². The van der Waals surface area contributed by atoms with Crippen LogP contribution in [0.4, 0.5) is 5.69 Å². The lowest BCUT2D eigenvalue weighted by molar-refractivity contribution is -0.139. The zero-order valence-corrected chi connectivity index (χ0v) is 20.6. The van der Waals surface area contributed by atoms with Gasteiger partial charge in [0, 0.05) is 28.9 Å². The summed E-state index contributed by atoms with van der Waals surface area (Å²) in [5, 5.41) is 9.16. The lowest BCUT2D eigenvalue weighted by atomic mass is 10.1. The number of hydrogen-bond donors (Lipinski definition) is 3. The second kappa shape index (κ2) is 12.3. The largest absolute Gasteiger partial charge is 0.483 e. The van der Waals surface area contributed by atoms with Crippen LogP contribution in [0.2, 0.25) is 0 Å². The van der Waals surface area contributed by atoms with Crippen molar-refractivity contribution < 1.29 is 23.9 Å². The molecule has 0 aliphatic carbocycles. The average Bonchev–Trinajstić information content (AvgIpc) is 3.33. The van der Waals surface area contributed by atoms with E-state index in [1.807, 2.05) is 32.0 Å². The number of anilines is 1. The van der Waals surface area contributed by atoms with E-state index in [-0.39, 0.29) is 25.2 Å². The number of rotatable bonds is 8. The minimum atomic E-state index is -0.889. The molecule has 3 N–H and O–H groups in total. The fourth-order valence-corrected chi connectivity index (χ4v) is 3.59. The van der Waals surface area contributed by atoms with E-state index in [2.05, 4.69) is 37.1 Å². The zero-order valence-electron chi connectivity index (χ0n) is 19.0. The first kappa shape index (κ1) is 25.4. The van der Waals surface area contributed by atoms with Crippen LogP contribution in [0.3, 0.4) is 0 Å². The van der Waals surface area contributed by atoms with Crippen LogP contribution in [0, 0.1) is 13.8 Å². The van der Waals surface area contributed by atoms with Crippen molar-refractivity contribution >= 4 is 45.6 Å². The van der Waals surface area contributed by atoms with Crippen molar-refractivity contribution in [2.45, 2.75) is 32.8 Å². The molecule has 1 saturated heterocycles. The van der Waals surface area contributed by atoms with Crippen LogP contribution in [0.5, 0.6) is 5.75 Å². The second-order valence-electron chi connectivity index (χ2n) is 7.86. The molecule has 1 heterocycles. The zero-order chi connectivity index (χ0) is 24.5. The first-order valence-electron chi connectivity index (χ1n) is 10.8. The predicted molar refractivity (Wildman–Crippen MR) is 132 cm³/mol. The predicted octanol–water partition coefficient (Wildman–Crippen LogP) is 2.83. The van der Waals surface area contributed by atoms with Crippen molar-refractivity contribution in [3.63, 3.8) is 0 Å². The van der Waals surface area contributed by atoms with Gasteiger partial charge in [0.05, 0.1) is 12.3 Å². The van der Waals surface area contributed by atoms with Gasteiger partial charge in [-0.2, -0.15) is 5.10 Å². The number of halogens is 1. The Bertz CT molecular complexity index is 1080. The van der Waals surface area contributed by atoms with Crippen molar-refractivity contribution in [2.24, 2.45) is 5.10 Å². The quantitative estimate of drug-likeness (QED) is 0.275. The molecule has 0 spiro atoms. The van der Waals surface area contributed by atoms with Gasteiger partial charge < -0.3 is 20.1 Å². The summed E-state index contributed by atoms with van der Waals surface area (Å²) in [4.78, 5) is 36.2. The number of amides is 3.